The van der Waals surface area contributed by atoms with Crippen LogP contribution in [0.2, 0.25) is 0 Å². The summed E-state index contributed by atoms with van der Waals surface area (Å²) in [7, 11) is 2.12. The van der Waals surface area contributed by atoms with Gasteiger partial charge in [0.25, 0.3) is 5.91 Å². The van der Waals surface area contributed by atoms with Crippen LogP contribution in [0.4, 0.5) is 0 Å². The van der Waals surface area contributed by atoms with Crippen LogP contribution in [-0.4, -0.2) is 53.5 Å². The second-order valence-corrected chi connectivity index (χ2v) is 6.40. The molecule has 0 radical (unpaired) electrons. The molecule has 1 aliphatic rings. The highest BCUT2D eigenvalue weighted by atomic mass is 16.2. The first-order valence-electron chi connectivity index (χ1n) is 8.30. The summed E-state index contributed by atoms with van der Waals surface area (Å²) >= 11 is 0. The van der Waals surface area contributed by atoms with Gasteiger partial charge in [0.1, 0.15) is 0 Å². The monoisotopic (exact) mass is 311 g/mol. The highest BCUT2D eigenvalue weighted by Crippen LogP contribution is 2.22. The molecule has 4 nitrogen and oxygen atoms in total. The summed E-state index contributed by atoms with van der Waals surface area (Å²) in [6.45, 7) is 7.77. The van der Waals surface area contributed by atoms with Crippen molar-refractivity contribution in [2.24, 2.45) is 0 Å². The molecule has 2 heterocycles. The van der Waals surface area contributed by atoms with E-state index in [0.717, 1.165) is 55.2 Å². The van der Waals surface area contributed by atoms with Gasteiger partial charge in [-0.1, -0.05) is 18.2 Å². The summed E-state index contributed by atoms with van der Waals surface area (Å²) in [6, 6.07) is 12.3. The number of carbonyl (C=O) groups is 1. The van der Waals surface area contributed by atoms with Crippen LogP contribution in [-0.2, 0) is 0 Å². The van der Waals surface area contributed by atoms with Crippen molar-refractivity contribution in [1.82, 2.24) is 14.4 Å². The molecule has 1 aromatic carbocycles. The van der Waals surface area contributed by atoms with E-state index in [1.165, 1.54) is 0 Å². The van der Waals surface area contributed by atoms with Crippen molar-refractivity contribution < 1.29 is 4.79 Å². The maximum atomic E-state index is 13.0. The van der Waals surface area contributed by atoms with Crippen molar-refractivity contribution in [3.8, 4) is 5.69 Å². The second-order valence-electron chi connectivity index (χ2n) is 6.40. The first-order chi connectivity index (χ1) is 11.1. The molecule has 0 spiro atoms. The Labute approximate surface area is 138 Å². The predicted molar refractivity (Wildman–Crippen MR) is 93.3 cm³/mol. The van der Waals surface area contributed by atoms with Crippen LogP contribution < -0.4 is 0 Å². The molecule has 4 heteroatoms. The third-order valence-electron chi connectivity index (χ3n) is 4.68. The molecule has 2 aromatic rings. The average Bonchev–Trinajstić information content (AvgIpc) is 2.71. The van der Waals surface area contributed by atoms with E-state index in [4.69, 9.17) is 0 Å². The minimum atomic E-state index is 0.163. The molecule has 1 aromatic heterocycles. The Morgan fingerprint density at radius 2 is 1.74 bits per heavy atom. The normalized spacial score (nSPS) is 16.4. The third-order valence-corrected chi connectivity index (χ3v) is 4.68. The number of aromatic nitrogens is 1. The molecule has 23 heavy (non-hydrogen) atoms. The van der Waals surface area contributed by atoms with Crippen molar-refractivity contribution in [1.29, 1.82) is 0 Å². The van der Waals surface area contributed by atoms with E-state index in [-0.39, 0.29) is 5.91 Å². The van der Waals surface area contributed by atoms with Gasteiger partial charge < -0.3 is 14.4 Å². The van der Waals surface area contributed by atoms with Crippen LogP contribution >= 0.6 is 0 Å². The molecule has 1 saturated heterocycles. The Balaban J connectivity index is 1.90. The van der Waals surface area contributed by atoms with Gasteiger partial charge in [0.2, 0.25) is 0 Å². The molecule has 1 amide bonds. The van der Waals surface area contributed by atoms with Gasteiger partial charge in [0.05, 0.1) is 5.56 Å². The Morgan fingerprint density at radius 1 is 1.00 bits per heavy atom. The molecule has 0 unspecified atom stereocenters. The molecule has 1 fully saturated rings. The molecule has 0 N–H and O–H groups in total. The highest BCUT2D eigenvalue weighted by molar-refractivity contribution is 5.96. The lowest BCUT2D eigenvalue weighted by Crippen LogP contribution is -2.34. The van der Waals surface area contributed by atoms with Crippen LogP contribution in [0.5, 0.6) is 0 Å². The van der Waals surface area contributed by atoms with E-state index in [1.807, 2.05) is 36.1 Å². The van der Waals surface area contributed by atoms with Crippen molar-refractivity contribution >= 4 is 5.91 Å². The molecule has 0 saturated carbocycles. The number of nitrogens with zero attached hydrogens (tertiary/aromatic N) is 3. The van der Waals surface area contributed by atoms with Gasteiger partial charge in [-0.25, -0.2) is 0 Å². The quantitative estimate of drug-likeness (QED) is 0.853. The lowest BCUT2D eigenvalue weighted by molar-refractivity contribution is 0.0762. The number of amides is 1. The van der Waals surface area contributed by atoms with Gasteiger partial charge in [-0.15, -0.1) is 0 Å². The summed E-state index contributed by atoms with van der Waals surface area (Å²) in [5, 5.41) is 0. The number of benzene rings is 1. The number of hydrogen-bond donors (Lipinski definition) is 0. The molecular weight excluding hydrogens is 286 g/mol. The molecule has 1 aliphatic heterocycles. The Morgan fingerprint density at radius 3 is 2.48 bits per heavy atom. The summed E-state index contributed by atoms with van der Waals surface area (Å²) < 4.78 is 2.16. The van der Waals surface area contributed by atoms with Crippen molar-refractivity contribution in [2.45, 2.75) is 20.3 Å². The number of carbonyl (C=O) groups excluding carboxylic acids is 1. The minimum Gasteiger partial charge on any atom is -0.337 e. The van der Waals surface area contributed by atoms with Gasteiger partial charge >= 0.3 is 0 Å². The van der Waals surface area contributed by atoms with E-state index in [9.17, 15) is 4.79 Å². The Hall–Kier alpha value is -2.07. The van der Waals surface area contributed by atoms with E-state index in [0.29, 0.717) is 0 Å². The zero-order valence-corrected chi connectivity index (χ0v) is 14.2. The number of hydrogen-bond acceptors (Lipinski definition) is 2. The third kappa shape index (κ3) is 3.17. The summed E-state index contributed by atoms with van der Waals surface area (Å²) in [5.41, 5.74) is 4.06. The zero-order valence-electron chi connectivity index (χ0n) is 14.2. The Bertz CT molecular complexity index is 690. The lowest BCUT2D eigenvalue weighted by Gasteiger charge is -2.20. The zero-order chi connectivity index (χ0) is 16.4. The topological polar surface area (TPSA) is 28.5 Å². The second kappa shape index (κ2) is 6.59. The SMILES string of the molecule is Cc1cc(C(=O)N2CCCN(C)CC2)c(C)n1-c1ccccc1. The Kier molecular flexibility index (Phi) is 4.53. The predicted octanol–water partition coefficient (Wildman–Crippen LogP) is 2.87. The average molecular weight is 311 g/mol. The van der Waals surface area contributed by atoms with Crippen LogP contribution in [0.3, 0.4) is 0 Å². The first kappa shape index (κ1) is 15.8. The number of likely N-dealkylation sites (N-methyl/N-ethyl adjacent to an activating group) is 1. The van der Waals surface area contributed by atoms with Crippen LogP contribution in [0.1, 0.15) is 28.2 Å². The van der Waals surface area contributed by atoms with Crippen LogP contribution in [0, 0.1) is 13.8 Å². The van der Waals surface area contributed by atoms with E-state index in [2.05, 4.69) is 35.6 Å². The van der Waals surface area contributed by atoms with E-state index in [1.54, 1.807) is 0 Å². The summed E-state index contributed by atoms with van der Waals surface area (Å²) in [6.07, 6.45) is 1.04. The minimum absolute atomic E-state index is 0.163. The first-order valence-corrected chi connectivity index (χ1v) is 8.30. The standard InChI is InChI=1S/C19H25N3O/c1-15-14-18(16(2)22(15)17-8-5-4-6-9-17)19(23)21-11-7-10-20(3)12-13-21/h4-6,8-9,14H,7,10-13H2,1-3H3. The number of rotatable bonds is 2. The molecule has 122 valence electrons. The smallest absolute Gasteiger partial charge is 0.255 e. The van der Waals surface area contributed by atoms with Crippen molar-refractivity contribution in [3.63, 3.8) is 0 Å². The van der Waals surface area contributed by atoms with E-state index < -0.39 is 0 Å². The summed E-state index contributed by atoms with van der Waals surface area (Å²) in [5.74, 6) is 0.163. The van der Waals surface area contributed by atoms with E-state index >= 15 is 0 Å². The fourth-order valence-corrected chi connectivity index (χ4v) is 3.37. The van der Waals surface area contributed by atoms with Crippen LogP contribution in [0.15, 0.2) is 36.4 Å². The molecule has 0 aliphatic carbocycles. The molecule has 0 bridgehead atoms. The van der Waals surface area contributed by atoms with Gasteiger partial charge in [0.15, 0.2) is 0 Å². The maximum absolute atomic E-state index is 13.0. The van der Waals surface area contributed by atoms with Crippen molar-refractivity contribution in [3.05, 3.63) is 53.3 Å². The number of aryl methyl sites for hydroxylation is 1. The molecule has 0 atom stereocenters. The van der Waals surface area contributed by atoms with Gasteiger partial charge in [0, 0.05) is 36.7 Å². The largest absolute Gasteiger partial charge is 0.337 e. The van der Waals surface area contributed by atoms with Crippen LogP contribution in [0.25, 0.3) is 5.69 Å². The van der Waals surface area contributed by atoms with Gasteiger partial charge in [-0.05, 0) is 52.1 Å². The molecular formula is C19H25N3O. The van der Waals surface area contributed by atoms with Crippen molar-refractivity contribution in [2.75, 3.05) is 33.2 Å². The summed E-state index contributed by atoms with van der Waals surface area (Å²) in [4.78, 5) is 17.3. The fourth-order valence-electron chi connectivity index (χ4n) is 3.37. The molecule has 3 rings (SSSR count). The lowest BCUT2D eigenvalue weighted by atomic mass is 10.2. The van der Waals surface area contributed by atoms with Gasteiger partial charge in [-0.3, -0.25) is 4.79 Å². The van der Waals surface area contributed by atoms with Gasteiger partial charge in [-0.2, -0.15) is 0 Å². The highest BCUT2D eigenvalue weighted by Gasteiger charge is 2.23. The fraction of sp³-hybridized carbons (Fsp3) is 0.421. The maximum Gasteiger partial charge on any atom is 0.255 e. The number of para-hydroxylation sites is 1.